The first-order chi connectivity index (χ1) is 13.3. The van der Waals surface area contributed by atoms with Gasteiger partial charge in [0.2, 0.25) is 11.8 Å². The normalized spacial score (nSPS) is 15.5. The van der Waals surface area contributed by atoms with Gasteiger partial charge in [-0.15, -0.1) is 11.6 Å². The fraction of sp³-hybridized carbons (Fsp3) is 0.421. The molecule has 1 amide bonds. The molecule has 28 heavy (non-hydrogen) atoms. The fourth-order valence-electron chi connectivity index (χ4n) is 3.12. The first-order valence-electron chi connectivity index (χ1n) is 8.80. The predicted molar refractivity (Wildman–Crippen MR) is 97.6 cm³/mol. The van der Waals surface area contributed by atoms with Gasteiger partial charge in [0.05, 0.1) is 5.56 Å². The summed E-state index contributed by atoms with van der Waals surface area (Å²) in [4.78, 5) is 22.2. The molecule has 0 radical (unpaired) electrons. The zero-order valence-electron chi connectivity index (χ0n) is 15.2. The van der Waals surface area contributed by atoms with E-state index in [-0.39, 0.29) is 29.3 Å². The number of ether oxygens (including phenoxy) is 1. The number of rotatable bonds is 4. The lowest BCUT2D eigenvalue weighted by Crippen LogP contribution is -2.38. The van der Waals surface area contributed by atoms with Crippen LogP contribution in [0.1, 0.15) is 35.8 Å². The van der Waals surface area contributed by atoms with Crippen LogP contribution in [0.3, 0.4) is 0 Å². The molecule has 1 saturated heterocycles. The van der Waals surface area contributed by atoms with E-state index in [2.05, 4.69) is 9.97 Å². The van der Waals surface area contributed by atoms with E-state index in [9.17, 15) is 18.0 Å². The summed E-state index contributed by atoms with van der Waals surface area (Å²) in [6, 6.07) is 6.24. The highest BCUT2D eigenvalue weighted by atomic mass is 35.5. The van der Waals surface area contributed by atoms with Gasteiger partial charge in [-0.05, 0) is 38.0 Å². The number of amides is 1. The highest BCUT2D eigenvalue weighted by Gasteiger charge is 2.31. The molecule has 2 aromatic rings. The minimum atomic E-state index is -4.44. The Hall–Kier alpha value is -2.35. The minimum absolute atomic E-state index is 0.0411. The Morgan fingerprint density at radius 3 is 2.61 bits per heavy atom. The quantitative estimate of drug-likeness (QED) is 0.690. The summed E-state index contributed by atoms with van der Waals surface area (Å²) < 4.78 is 44.2. The number of hydrogen-bond donors (Lipinski definition) is 0. The number of benzene rings is 1. The maximum Gasteiger partial charge on any atom is 0.416 e. The summed E-state index contributed by atoms with van der Waals surface area (Å²) in [5.74, 6) is 0.727. The van der Waals surface area contributed by atoms with Crippen LogP contribution in [-0.2, 0) is 11.0 Å². The topological polar surface area (TPSA) is 55.3 Å². The molecule has 0 aliphatic carbocycles. The van der Waals surface area contributed by atoms with Gasteiger partial charge in [-0.3, -0.25) is 4.79 Å². The minimum Gasteiger partial charge on any atom is -0.439 e. The number of halogens is 4. The number of hydrogen-bond acceptors (Lipinski definition) is 4. The second-order valence-electron chi connectivity index (χ2n) is 6.62. The molecule has 2 heterocycles. The summed E-state index contributed by atoms with van der Waals surface area (Å²) >= 11 is 5.59. The Kier molecular flexibility index (Phi) is 6.07. The molecule has 1 aliphatic rings. The van der Waals surface area contributed by atoms with Crippen LogP contribution in [0.4, 0.5) is 13.2 Å². The fourth-order valence-corrected chi connectivity index (χ4v) is 3.29. The Balaban J connectivity index is 1.75. The van der Waals surface area contributed by atoms with Gasteiger partial charge in [-0.1, -0.05) is 6.07 Å². The second-order valence-corrected chi connectivity index (χ2v) is 6.89. The van der Waals surface area contributed by atoms with Crippen molar-refractivity contribution in [1.29, 1.82) is 0 Å². The van der Waals surface area contributed by atoms with Gasteiger partial charge in [0.15, 0.2) is 0 Å². The van der Waals surface area contributed by atoms with Crippen LogP contribution in [-0.4, -0.2) is 39.7 Å². The smallest absolute Gasteiger partial charge is 0.416 e. The van der Waals surface area contributed by atoms with Crippen molar-refractivity contribution in [3.05, 3.63) is 47.4 Å². The Bertz CT molecular complexity index is 853. The van der Waals surface area contributed by atoms with E-state index in [1.807, 2.05) is 0 Å². The van der Waals surface area contributed by atoms with Crippen molar-refractivity contribution in [2.75, 3.05) is 19.0 Å². The molecule has 3 rings (SSSR count). The van der Waals surface area contributed by atoms with Gasteiger partial charge in [0.1, 0.15) is 17.5 Å². The zero-order valence-corrected chi connectivity index (χ0v) is 15.9. The van der Waals surface area contributed by atoms with Crippen molar-refractivity contribution in [3.8, 4) is 11.6 Å². The van der Waals surface area contributed by atoms with Crippen LogP contribution in [0.15, 0.2) is 30.3 Å². The lowest BCUT2D eigenvalue weighted by molar-refractivity contribution is -0.137. The summed E-state index contributed by atoms with van der Waals surface area (Å²) in [6.45, 7) is 2.91. The third kappa shape index (κ3) is 4.92. The van der Waals surface area contributed by atoms with Crippen molar-refractivity contribution in [3.63, 3.8) is 0 Å². The molecule has 150 valence electrons. The van der Waals surface area contributed by atoms with Gasteiger partial charge >= 0.3 is 6.18 Å². The molecule has 0 saturated carbocycles. The maximum atomic E-state index is 12.9. The highest BCUT2D eigenvalue weighted by Crippen LogP contribution is 2.33. The molecular formula is C19H19ClF3N3O2. The molecule has 1 aliphatic heterocycles. The number of nitrogens with zero attached hydrogens (tertiary/aromatic N) is 3. The SMILES string of the molecule is Cc1cc(Oc2cccc(C(F)(F)F)c2)nc(C2CCN(C(=O)CCl)CC2)n1. The number of alkyl halides is 4. The molecule has 0 N–H and O–H groups in total. The number of aromatic nitrogens is 2. The van der Waals surface area contributed by atoms with Gasteiger partial charge in [0.25, 0.3) is 0 Å². The van der Waals surface area contributed by atoms with Crippen molar-refractivity contribution >= 4 is 17.5 Å². The number of likely N-dealkylation sites (tertiary alicyclic amines) is 1. The number of carbonyl (C=O) groups excluding carboxylic acids is 1. The van der Waals surface area contributed by atoms with E-state index >= 15 is 0 Å². The number of aryl methyl sites for hydroxylation is 1. The van der Waals surface area contributed by atoms with Crippen LogP contribution >= 0.6 is 11.6 Å². The number of carbonyl (C=O) groups is 1. The lowest BCUT2D eigenvalue weighted by atomic mass is 9.96. The summed E-state index contributed by atoms with van der Waals surface area (Å²) in [6.07, 6.45) is -3.06. The van der Waals surface area contributed by atoms with E-state index in [0.29, 0.717) is 37.4 Å². The molecule has 0 bridgehead atoms. The van der Waals surface area contributed by atoms with Gasteiger partial charge in [-0.25, -0.2) is 4.98 Å². The first-order valence-corrected chi connectivity index (χ1v) is 9.34. The number of piperidine rings is 1. The summed E-state index contributed by atoms with van der Waals surface area (Å²) in [7, 11) is 0. The van der Waals surface area contributed by atoms with Crippen molar-refractivity contribution in [1.82, 2.24) is 14.9 Å². The van der Waals surface area contributed by atoms with Crippen LogP contribution in [0.25, 0.3) is 0 Å². The van der Waals surface area contributed by atoms with E-state index in [0.717, 1.165) is 12.1 Å². The standard InChI is InChI=1S/C19H19ClF3N3O2/c1-12-9-16(28-15-4-2-3-14(10-15)19(21,22)23)25-18(24-12)13-5-7-26(8-6-13)17(27)11-20/h2-4,9-10,13H,5-8,11H2,1H3. The highest BCUT2D eigenvalue weighted by molar-refractivity contribution is 6.27. The van der Waals surface area contributed by atoms with Crippen LogP contribution in [0, 0.1) is 6.92 Å². The largest absolute Gasteiger partial charge is 0.439 e. The second kappa shape index (κ2) is 8.34. The molecular weight excluding hydrogens is 395 g/mol. The van der Waals surface area contributed by atoms with E-state index in [1.165, 1.54) is 12.1 Å². The molecule has 0 unspecified atom stereocenters. The van der Waals surface area contributed by atoms with E-state index in [4.69, 9.17) is 16.3 Å². The molecule has 1 fully saturated rings. The van der Waals surface area contributed by atoms with Crippen LogP contribution in [0.2, 0.25) is 0 Å². The lowest BCUT2D eigenvalue weighted by Gasteiger charge is -2.31. The Morgan fingerprint density at radius 1 is 1.25 bits per heavy atom. The van der Waals surface area contributed by atoms with Crippen LogP contribution < -0.4 is 4.74 Å². The Morgan fingerprint density at radius 2 is 1.96 bits per heavy atom. The van der Waals surface area contributed by atoms with Crippen molar-refractivity contribution in [2.24, 2.45) is 0 Å². The summed E-state index contributed by atoms with van der Waals surface area (Å²) in [5.41, 5.74) is -0.126. The maximum absolute atomic E-state index is 12.9. The molecule has 1 aromatic carbocycles. The summed E-state index contributed by atoms with van der Waals surface area (Å²) in [5, 5.41) is 0. The molecule has 9 heteroatoms. The monoisotopic (exact) mass is 413 g/mol. The van der Waals surface area contributed by atoms with Gasteiger partial charge in [-0.2, -0.15) is 18.2 Å². The molecule has 0 spiro atoms. The Labute approximate surface area is 165 Å². The first kappa shape index (κ1) is 20.4. The van der Waals surface area contributed by atoms with E-state index < -0.39 is 11.7 Å². The van der Waals surface area contributed by atoms with Gasteiger partial charge in [0, 0.05) is 30.8 Å². The predicted octanol–water partition coefficient (Wildman–Crippen LogP) is 4.54. The third-order valence-electron chi connectivity index (χ3n) is 4.56. The van der Waals surface area contributed by atoms with Crippen molar-refractivity contribution < 1.29 is 22.7 Å². The van der Waals surface area contributed by atoms with Crippen molar-refractivity contribution in [2.45, 2.75) is 31.9 Å². The average molecular weight is 414 g/mol. The van der Waals surface area contributed by atoms with Crippen LogP contribution in [0.5, 0.6) is 11.6 Å². The zero-order chi connectivity index (χ0) is 20.3. The third-order valence-corrected chi connectivity index (χ3v) is 4.79. The molecule has 0 atom stereocenters. The molecule has 5 nitrogen and oxygen atoms in total. The average Bonchev–Trinajstić information content (AvgIpc) is 2.66. The molecule has 1 aromatic heterocycles. The van der Waals surface area contributed by atoms with E-state index in [1.54, 1.807) is 17.9 Å². The van der Waals surface area contributed by atoms with Gasteiger partial charge < -0.3 is 9.64 Å².